The van der Waals surface area contributed by atoms with Crippen LogP contribution in [0, 0.1) is 0 Å². The first-order chi connectivity index (χ1) is 13.1. The average Bonchev–Trinajstić information content (AvgIpc) is 3.17. The van der Waals surface area contributed by atoms with Gasteiger partial charge in [0, 0.05) is 22.7 Å². The Kier molecular flexibility index (Phi) is 5.87. The molecule has 1 N–H and O–H groups in total. The largest absolute Gasteiger partial charge is 0.497 e. The highest BCUT2D eigenvalue weighted by Crippen LogP contribution is 2.32. The van der Waals surface area contributed by atoms with E-state index < -0.39 is 0 Å². The van der Waals surface area contributed by atoms with Gasteiger partial charge in [-0.25, -0.2) is 0 Å². The number of hydrogen-bond donors (Lipinski definition) is 1. The number of aromatic nitrogens is 2. The number of carbonyl (C=O) groups excluding carboxylic acids is 1. The van der Waals surface area contributed by atoms with Gasteiger partial charge in [0.05, 0.1) is 20.8 Å². The van der Waals surface area contributed by atoms with E-state index in [1.807, 2.05) is 19.1 Å². The van der Waals surface area contributed by atoms with Crippen molar-refractivity contribution in [2.24, 2.45) is 0 Å². The smallest absolute Gasteiger partial charge is 0.257 e. The van der Waals surface area contributed by atoms with Gasteiger partial charge in [-0.05, 0) is 43.3 Å². The quantitative estimate of drug-likeness (QED) is 0.665. The number of anilines is 1. The summed E-state index contributed by atoms with van der Waals surface area (Å²) < 4.78 is 20.3. The maximum absolute atomic E-state index is 12.4. The molecule has 27 heavy (non-hydrogen) atoms. The Bertz CT molecular complexity index is 942. The summed E-state index contributed by atoms with van der Waals surface area (Å²) >= 11 is 1.11. The van der Waals surface area contributed by atoms with Crippen molar-refractivity contribution in [1.29, 1.82) is 0 Å². The minimum absolute atomic E-state index is 0.277. The van der Waals surface area contributed by atoms with Crippen LogP contribution in [0.5, 0.6) is 17.2 Å². The lowest BCUT2D eigenvalue weighted by Gasteiger charge is -2.09. The molecular weight excluding hydrogens is 366 g/mol. The van der Waals surface area contributed by atoms with Crippen molar-refractivity contribution in [2.75, 3.05) is 26.1 Å². The molecule has 0 bridgehead atoms. The molecule has 0 saturated carbocycles. The van der Waals surface area contributed by atoms with E-state index in [1.54, 1.807) is 44.6 Å². The molecule has 3 rings (SSSR count). The molecule has 2 aromatic carbocycles. The molecule has 0 saturated heterocycles. The lowest BCUT2D eigenvalue weighted by Crippen LogP contribution is -2.11. The Morgan fingerprint density at radius 1 is 1.11 bits per heavy atom. The molecule has 7 nitrogen and oxygen atoms in total. The topological polar surface area (TPSA) is 82.6 Å². The van der Waals surface area contributed by atoms with E-state index in [0.29, 0.717) is 40.4 Å². The molecule has 0 radical (unpaired) electrons. The van der Waals surface area contributed by atoms with E-state index in [4.69, 9.17) is 14.2 Å². The number of amides is 1. The van der Waals surface area contributed by atoms with Crippen LogP contribution in [0.3, 0.4) is 0 Å². The van der Waals surface area contributed by atoms with Crippen LogP contribution in [0.2, 0.25) is 0 Å². The van der Waals surface area contributed by atoms with E-state index in [2.05, 4.69) is 14.7 Å². The zero-order valence-corrected chi connectivity index (χ0v) is 16.0. The van der Waals surface area contributed by atoms with Gasteiger partial charge in [-0.2, -0.15) is 9.36 Å². The maximum atomic E-state index is 12.4. The summed E-state index contributed by atoms with van der Waals surface area (Å²) in [6, 6.07) is 12.4. The van der Waals surface area contributed by atoms with E-state index in [9.17, 15) is 4.79 Å². The van der Waals surface area contributed by atoms with Crippen molar-refractivity contribution in [3.63, 3.8) is 0 Å². The summed E-state index contributed by atoms with van der Waals surface area (Å²) in [5.41, 5.74) is 1.25. The normalized spacial score (nSPS) is 10.3. The Morgan fingerprint density at radius 3 is 2.70 bits per heavy atom. The number of methoxy groups -OCH3 is 2. The van der Waals surface area contributed by atoms with Gasteiger partial charge in [-0.1, -0.05) is 6.07 Å². The molecule has 1 aromatic heterocycles. The van der Waals surface area contributed by atoms with Gasteiger partial charge in [-0.15, -0.1) is 0 Å². The third-order valence-electron chi connectivity index (χ3n) is 3.70. The van der Waals surface area contributed by atoms with Crippen LogP contribution < -0.4 is 19.5 Å². The lowest BCUT2D eigenvalue weighted by atomic mass is 10.2. The molecular formula is C19H19N3O4S. The Hall–Kier alpha value is -3.13. The number of nitrogens with zero attached hydrogens (tertiary/aromatic N) is 2. The predicted molar refractivity (Wildman–Crippen MR) is 104 cm³/mol. The minimum atomic E-state index is -0.277. The third kappa shape index (κ3) is 4.35. The Morgan fingerprint density at radius 2 is 1.96 bits per heavy atom. The van der Waals surface area contributed by atoms with E-state index in [0.717, 1.165) is 17.1 Å². The molecule has 1 amide bonds. The maximum Gasteiger partial charge on any atom is 0.257 e. The molecule has 0 spiro atoms. The Balaban J connectivity index is 1.77. The molecule has 0 aliphatic carbocycles. The molecule has 3 aromatic rings. The SMILES string of the molecule is CCOc1ccc(-c2nsc(NC(=O)c3cccc(OC)c3)n2)cc1OC. The summed E-state index contributed by atoms with van der Waals surface area (Å²) in [7, 11) is 3.13. The zero-order valence-electron chi connectivity index (χ0n) is 15.2. The zero-order chi connectivity index (χ0) is 19.2. The fourth-order valence-electron chi connectivity index (χ4n) is 2.41. The number of carbonyl (C=O) groups is 1. The second-order valence-corrected chi connectivity index (χ2v) is 6.16. The van der Waals surface area contributed by atoms with Crippen LogP contribution in [-0.2, 0) is 0 Å². The first kappa shape index (κ1) is 18.7. The first-order valence-electron chi connectivity index (χ1n) is 8.25. The molecule has 140 valence electrons. The molecule has 0 fully saturated rings. The monoisotopic (exact) mass is 385 g/mol. The number of rotatable bonds is 7. The van der Waals surface area contributed by atoms with Gasteiger partial charge >= 0.3 is 0 Å². The van der Waals surface area contributed by atoms with E-state index >= 15 is 0 Å². The fraction of sp³-hybridized carbons (Fsp3) is 0.211. The highest BCUT2D eigenvalue weighted by atomic mass is 32.1. The van der Waals surface area contributed by atoms with Gasteiger partial charge in [0.1, 0.15) is 5.75 Å². The van der Waals surface area contributed by atoms with Crippen molar-refractivity contribution in [2.45, 2.75) is 6.92 Å². The minimum Gasteiger partial charge on any atom is -0.497 e. The van der Waals surface area contributed by atoms with Crippen LogP contribution in [0.15, 0.2) is 42.5 Å². The van der Waals surface area contributed by atoms with Gasteiger partial charge in [-0.3, -0.25) is 10.1 Å². The van der Waals surface area contributed by atoms with Crippen molar-refractivity contribution in [3.05, 3.63) is 48.0 Å². The molecule has 0 unspecified atom stereocenters. The molecule has 8 heteroatoms. The van der Waals surface area contributed by atoms with Gasteiger partial charge < -0.3 is 14.2 Å². The van der Waals surface area contributed by atoms with Crippen LogP contribution in [0.4, 0.5) is 5.13 Å². The summed E-state index contributed by atoms with van der Waals surface area (Å²) in [5.74, 6) is 2.10. The number of ether oxygens (including phenoxy) is 3. The molecule has 1 heterocycles. The summed E-state index contributed by atoms with van der Waals surface area (Å²) in [4.78, 5) is 16.8. The number of benzene rings is 2. The molecule has 0 aliphatic rings. The average molecular weight is 385 g/mol. The van der Waals surface area contributed by atoms with Gasteiger partial charge in [0.25, 0.3) is 5.91 Å². The van der Waals surface area contributed by atoms with Crippen molar-refractivity contribution in [3.8, 4) is 28.6 Å². The highest BCUT2D eigenvalue weighted by Gasteiger charge is 2.14. The number of nitrogens with one attached hydrogen (secondary N) is 1. The van der Waals surface area contributed by atoms with Crippen LogP contribution >= 0.6 is 11.5 Å². The lowest BCUT2D eigenvalue weighted by molar-refractivity contribution is 0.102. The third-order valence-corrected chi connectivity index (χ3v) is 4.33. The Labute approximate surface area is 161 Å². The van der Waals surface area contributed by atoms with Crippen LogP contribution in [0.1, 0.15) is 17.3 Å². The van der Waals surface area contributed by atoms with Crippen LogP contribution in [0.25, 0.3) is 11.4 Å². The second-order valence-electron chi connectivity index (χ2n) is 5.41. The number of hydrogen-bond acceptors (Lipinski definition) is 7. The molecule has 0 atom stereocenters. The summed E-state index contributed by atoms with van der Waals surface area (Å²) in [6.45, 7) is 2.46. The highest BCUT2D eigenvalue weighted by molar-refractivity contribution is 7.10. The summed E-state index contributed by atoms with van der Waals surface area (Å²) in [5, 5.41) is 3.16. The first-order valence-corrected chi connectivity index (χ1v) is 9.02. The van der Waals surface area contributed by atoms with Gasteiger partial charge in [0.15, 0.2) is 17.3 Å². The van der Waals surface area contributed by atoms with Crippen molar-refractivity contribution < 1.29 is 19.0 Å². The van der Waals surface area contributed by atoms with Crippen molar-refractivity contribution >= 4 is 22.6 Å². The van der Waals surface area contributed by atoms with E-state index in [1.165, 1.54) is 0 Å². The van der Waals surface area contributed by atoms with Gasteiger partial charge in [0.2, 0.25) is 5.13 Å². The van der Waals surface area contributed by atoms with Crippen molar-refractivity contribution in [1.82, 2.24) is 9.36 Å². The second kappa shape index (κ2) is 8.50. The summed E-state index contributed by atoms with van der Waals surface area (Å²) in [6.07, 6.45) is 0. The predicted octanol–water partition coefficient (Wildman–Crippen LogP) is 3.87. The standard InChI is InChI=1S/C19H19N3O4S/c1-4-26-15-9-8-12(11-16(15)25-3)17-20-19(27-22-17)21-18(23)13-6-5-7-14(10-13)24-2/h5-11H,4H2,1-3H3,(H,20,21,22,23). The van der Waals surface area contributed by atoms with E-state index in [-0.39, 0.29) is 5.91 Å². The van der Waals surface area contributed by atoms with Crippen LogP contribution in [-0.4, -0.2) is 36.1 Å². The molecule has 0 aliphatic heterocycles. The fourth-order valence-corrected chi connectivity index (χ4v) is 2.99.